The second-order valence-corrected chi connectivity index (χ2v) is 2.23. The molecule has 0 aliphatic heterocycles. The molecule has 0 aliphatic rings. The number of carbonyl (C=O) groups is 1. The molecule has 0 radical (unpaired) electrons. The van der Waals surface area contributed by atoms with Crippen molar-refractivity contribution in [2.75, 3.05) is 6.54 Å². The van der Waals surface area contributed by atoms with Gasteiger partial charge in [-0.05, 0) is 19.4 Å². The number of rotatable bonds is 5. The fourth-order valence-electron chi connectivity index (χ4n) is 0.632. The second kappa shape index (κ2) is 9.05. The van der Waals surface area contributed by atoms with Gasteiger partial charge in [0.05, 0.1) is 0 Å². The standard InChI is InChI=1S/C6H14N2O2.Ba.2H/c7-4-2-1-3-5(8)6(9)10;;;/h5H,1-4,7-8H2,(H,9,10);;;/q;+2;2*-1/t5-;;;/m0.../s1. The smallest absolute Gasteiger partial charge is 1.00 e. The first-order valence-electron chi connectivity index (χ1n) is 3.37. The Labute approximate surface area is 110 Å². The van der Waals surface area contributed by atoms with Crippen LogP contribution in [-0.4, -0.2) is 72.5 Å². The molecule has 11 heavy (non-hydrogen) atoms. The van der Waals surface area contributed by atoms with Gasteiger partial charge in [0, 0.05) is 0 Å². The fourth-order valence-corrected chi connectivity index (χ4v) is 0.632. The van der Waals surface area contributed by atoms with Crippen LogP contribution in [0.2, 0.25) is 0 Å². The summed E-state index contributed by atoms with van der Waals surface area (Å²) in [4.78, 5) is 10.1. The van der Waals surface area contributed by atoms with Crippen LogP contribution in [0.15, 0.2) is 0 Å². The molecule has 0 rings (SSSR count). The van der Waals surface area contributed by atoms with E-state index in [0.717, 1.165) is 12.8 Å². The van der Waals surface area contributed by atoms with Gasteiger partial charge in [-0.3, -0.25) is 4.79 Å². The molecular formula is C6H16BaN2O2. The predicted octanol–water partition coefficient (Wildman–Crippen LogP) is -0.628. The first-order valence-corrected chi connectivity index (χ1v) is 3.37. The predicted molar refractivity (Wildman–Crippen MR) is 46.5 cm³/mol. The molecule has 0 aromatic carbocycles. The van der Waals surface area contributed by atoms with E-state index in [1.165, 1.54) is 0 Å². The minimum Gasteiger partial charge on any atom is -1.00 e. The molecular weight excluding hydrogens is 269 g/mol. The zero-order valence-corrected chi connectivity index (χ0v) is 11.1. The van der Waals surface area contributed by atoms with Crippen LogP contribution >= 0.6 is 0 Å². The molecule has 0 aromatic rings. The Bertz CT molecular complexity index is 119. The molecule has 0 heterocycles. The van der Waals surface area contributed by atoms with Crippen molar-refractivity contribution in [1.82, 2.24) is 0 Å². The maximum Gasteiger partial charge on any atom is 2.00 e. The number of carboxylic acids is 1. The third kappa shape index (κ3) is 8.87. The Morgan fingerprint density at radius 3 is 2.45 bits per heavy atom. The van der Waals surface area contributed by atoms with Gasteiger partial charge in [-0.15, -0.1) is 0 Å². The molecule has 0 bridgehead atoms. The molecule has 0 saturated heterocycles. The summed E-state index contributed by atoms with van der Waals surface area (Å²) in [6.45, 7) is 0.604. The number of hydrogen-bond donors (Lipinski definition) is 3. The van der Waals surface area contributed by atoms with Gasteiger partial charge in [0.25, 0.3) is 0 Å². The Balaban J connectivity index is -0.000000135. The molecule has 0 fully saturated rings. The van der Waals surface area contributed by atoms with Crippen LogP contribution in [0.1, 0.15) is 22.1 Å². The number of carboxylic acid groups (broad SMARTS) is 1. The molecule has 0 aromatic heterocycles. The summed E-state index contributed by atoms with van der Waals surface area (Å²) >= 11 is 0. The number of hydrogen-bond acceptors (Lipinski definition) is 3. The van der Waals surface area contributed by atoms with E-state index in [2.05, 4.69) is 0 Å². The normalized spacial score (nSPS) is 11.8. The quantitative estimate of drug-likeness (QED) is 0.463. The van der Waals surface area contributed by atoms with Crippen molar-refractivity contribution in [2.45, 2.75) is 25.3 Å². The van der Waals surface area contributed by atoms with Crippen molar-refractivity contribution in [1.29, 1.82) is 0 Å². The van der Waals surface area contributed by atoms with Crippen molar-refractivity contribution in [3.05, 3.63) is 0 Å². The van der Waals surface area contributed by atoms with Crippen LogP contribution in [0.4, 0.5) is 0 Å². The zero-order valence-electron chi connectivity index (χ0n) is 8.62. The Kier molecular flexibility index (Phi) is 11.9. The van der Waals surface area contributed by atoms with E-state index in [4.69, 9.17) is 16.6 Å². The average Bonchev–Trinajstić information content (AvgIpc) is 1.88. The molecule has 5 N–H and O–H groups in total. The molecule has 5 heteroatoms. The van der Waals surface area contributed by atoms with Gasteiger partial charge in [-0.25, -0.2) is 0 Å². The average molecular weight is 286 g/mol. The summed E-state index contributed by atoms with van der Waals surface area (Å²) < 4.78 is 0. The summed E-state index contributed by atoms with van der Waals surface area (Å²) in [5, 5.41) is 8.33. The SMILES string of the molecule is NCCCC[C@H](N)C(=O)O.[Ba+2].[H-].[H-]. The van der Waals surface area contributed by atoms with Gasteiger partial charge in [-0.1, -0.05) is 6.42 Å². The molecule has 1 atom stereocenters. The third-order valence-electron chi connectivity index (χ3n) is 1.29. The molecule has 0 aliphatic carbocycles. The van der Waals surface area contributed by atoms with Crippen molar-refractivity contribution in [3.63, 3.8) is 0 Å². The van der Waals surface area contributed by atoms with Crippen LogP contribution in [0.25, 0.3) is 0 Å². The van der Waals surface area contributed by atoms with E-state index in [1.54, 1.807) is 0 Å². The molecule has 0 saturated carbocycles. The maximum atomic E-state index is 10.1. The minimum atomic E-state index is -0.933. The van der Waals surface area contributed by atoms with Gasteiger partial charge in [0.2, 0.25) is 0 Å². The summed E-state index contributed by atoms with van der Waals surface area (Å²) in [6.07, 6.45) is 2.16. The second-order valence-electron chi connectivity index (χ2n) is 2.23. The molecule has 64 valence electrons. The van der Waals surface area contributed by atoms with Crippen LogP contribution in [0, 0.1) is 0 Å². The van der Waals surface area contributed by atoms with Crippen molar-refractivity contribution < 1.29 is 12.8 Å². The van der Waals surface area contributed by atoms with Gasteiger partial charge >= 0.3 is 54.9 Å². The Morgan fingerprint density at radius 1 is 1.55 bits per heavy atom. The molecule has 4 nitrogen and oxygen atoms in total. The number of aliphatic carboxylic acids is 1. The Morgan fingerprint density at radius 2 is 2.09 bits per heavy atom. The molecule has 0 unspecified atom stereocenters. The number of nitrogens with two attached hydrogens (primary N) is 2. The van der Waals surface area contributed by atoms with Crippen molar-refractivity contribution in [2.24, 2.45) is 11.5 Å². The van der Waals surface area contributed by atoms with Crippen LogP contribution in [-0.2, 0) is 4.79 Å². The molecule has 0 spiro atoms. The fraction of sp³-hybridized carbons (Fsp3) is 0.833. The van der Waals surface area contributed by atoms with Crippen molar-refractivity contribution >= 4 is 54.9 Å². The van der Waals surface area contributed by atoms with E-state index in [9.17, 15) is 4.79 Å². The van der Waals surface area contributed by atoms with Crippen molar-refractivity contribution in [3.8, 4) is 0 Å². The van der Waals surface area contributed by atoms with E-state index >= 15 is 0 Å². The maximum absolute atomic E-state index is 10.1. The van der Waals surface area contributed by atoms with E-state index in [-0.39, 0.29) is 51.7 Å². The monoisotopic (exact) mass is 286 g/mol. The van der Waals surface area contributed by atoms with E-state index < -0.39 is 12.0 Å². The topological polar surface area (TPSA) is 89.3 Å². The zero-order chi connectivity index (χ0) is 7.98. The van der Waals surface area contributed by atoms with Crippen LogP contribution in [0.5, 0.6) is 0 Å². The first-order chi connectivity index (χ1) is 4.68. The Hall–Kier alpha value is 0.961. The van der Waals surface area contributed by atoms with Gasteiger partial charge in [0.15, 0.2) is 0 Å². The minimum absolute atomic E-state index is 0. The summed E-state index contributed by atoms with van der Waals surface area (Å²) in [5.74, 6) is -0.933. The van der Waals surface area contributed by atoms with Crippen LogP contribution in [0.3, 0.4) is 0 Å². The van der Waals surface area contributed by atoms with Crippen LogP contribution < -0.4 is 11.5 Å². The summed E-state index contributed by atoms with van der Waals surface area (Å²) in [5.41, 5.74) is 10.4. The first kappa shape index (κ1) is 14.5. The number of unbranched alkanes of at least 4 members (excludes halogenated alkanes) is 1. The van der Waals surface area contributed by atoms with E-state index in [0.29, 0.717) is 13.0 Å². The van der Waals surface area contributed by atoms with E-state index in [1.807, 2.05) is 0 Å². The molecule has 0 amide bonds. The summed E-state index contributed by atoms with van der Waals surface area (Å²) in [7, 11) is 0. The van der Waals surface area contributed by atoms with Gasteiger partial charge in [-0.2, -0.15) is 0 Å². The summed E-state index contributed by atoms with van der Waals surface area (Å²) in [6, 6.07) is -0.716. The third-order valence-corrected chi connectivity index (χ3v) is 1.29. The largest absolute Gasteiger partial charge is 2.00 e. The van der Waals surface area contributed by atoms with Gasteiger partial charge in [0.1, 0.15) is 6.04 Å². The van der Waals surface area contributed by atoms with Gasteiger partial charge < -0.3 is 19.4 Å².